The third-order valence-corrected chi connectivity index (χ3v) is 5.26. The Morgan fingerprint density at radius 2 is 1.76 bits per heavy atom. The third-order valence-electron chi connectivity index (χ3n) is 4.24. The Balaban J connectivity index is 1.51. The number of piperidine rings is 1. The largest absolute Gasteiger partial charge is 0.372 e. The Morgan fingerprint density at radius 3 is 2.43 bits per heavy atom. The van der Waals surface area contributed by atoms with Gasteiger partial charge in [-0.1, -0.05) is 12.1 Å². The van der Waals surface area contributed by atoms with E-state index < -0.39 is 0 Å². The third kappa shape index (κ3) is 3.86. The van der Waals surface area contributed by atoms with Crippen LogP contribution in [-0.2, 0) is 13.1 Å². The van der Waals surface area contributed by atoms with Crippen LogP contribution < -0.4 is 10.2 Å². The summed E-state index contributed by atoms with van der Waals surface area (Å²) < 4.78 is 0. The molecule has 0 unspecified atom stereocenters. The molecular formula is C18H24N2S. The number of nitrogens with zero attached hydrogens (tertiary/aromatic N) is 1. The van der Waals surface area contributed by atoms with Crippen molar-refractivity contribution < 1.29 is 0 Å². The number of thiophene rings is 1. The molecule has 2 nitrogen and oxygen atoms in total. The summed E-state index contributed by atoms with van der Waals surface area (Å²) in [6, 6.07) is 11.3. The van der Waals surface area contributed by atoms with E-state index in [1.165, 1.54) is 54.0 Å². The van der Waals surface area contributed by atoms with E-state index in [9.17, 15) is 0 Å². The molecule has 1 aromatic heterocycles. The molecule has 0 amide bonds. The first-order valence-electron chi connectivity index (χ1n) is 7.90. The van der Waals surface area contributed by atoms with E-state index in [-0.39, 0.29) is 0 Å². The molecule has 0 radical (unpaired) electrons. The Labute approximate surface area is 131 Å². The quantitative estimate of drug-likeness (QED) is 0.884. The average Bonchev–Trinajstić information content (AvgIpc) is 2.94. The minimum atomic E-state index is 0.942. The van der Waals surface area contributed by atoms with E-state index in [0.29, 0.717) is 0 Å². The van der Waals surface area contributed by atoms with Crippen LogP contribution in [0.2, 0.25) is 0 Å². The van der Waals surface area contributed by atoms with Crippen LogP contribution in [0, 0.1) is 6.92 Å². The van der Waals surface area contributed by atoms with Gasteiger partial charge >= 0.3 is 0 Å². The summed E-state index contributed by atoms with van der Waals surface area (Å²) in [4.78, 5) is 3.95. The Hall–Kier alpha value is -1.32. The summed E-state index contributed by atoms with van der Waals surface area (Å²) in [6.07, 6.45) is 4.06. The summed E-state index contributed by atoms with van der Waals surface area (Å²) >= 11 is 1.84. The van der Waals surface area contributed by atoms with Crippen LogP contribution in [0.4, 0.5) is 5.69 Å². The lowest BCUT2D eigenvalue weighted by Crippen LogP contribution is -2.29. The fourth-order valence-electron chi connectivity index (χ4n) is 2.88. The first kappa shape index (κ1) is 14.6. The zero-order chi connectivity index (χ0) is 14.5. The fourth-order valence-corrected chi connectivity index (χ4v) is 3.76. The molecule has 0 bridgehead atoms. The normalized spacial score (nSPS) is 15.4. The molecule has 1 aromatic carbocycles. The maximum Gasteiger partial charge on any atom is 0.0366 e. The van der Waals surface area contributed by atoms with Gasteiger partial charge in [-0.15, -0.1) is 11.3 Å². The molecule has 21 heavy (non-hydrogen) atoms. The van der Waals surface area contributed by atoms with Gasteiger partial charge < -0.3 is 10.2 Å². The highest BCUT2D eigenvalue weighted by Crippen LogP contribution is 2.20. The smallest absolute Gasteiger partial charge is 0.0366 e. The van der Waals surface area contributed by atoms with Gasteiger partial charge in [-0.2, -0.15) is 0 Å². The van der Waals surface area contributed by atoms with Crippen LogP contribution in [0.3, 0.4) is 0 Å². The average molecular weight is 300 g/mol. The van der Waals surface area contributed by atoms with Gasteiger partial charge in [0.25, 0.3) is 0 Å². The summed E-state index contributed by atoms with van der Waals surface area (Å²) in [5.41, 5.74) is 4.14. The topological polar surface area (TPSA) is 15.3 Å². The van der Waals surface area contributed by atoms with Crippen molar-refractivity contribution >= 4 is 17.0 Å². The lowest BCUT2D eigenvalue weighted by atomic mass is 10.1. The van der Waals surface area contributed by atoms with Crippen LogP contribution >= 0.6 is 11.3 Å². The lowest BCUT2D eigenvalue weighted by Gasteiger charge is -2.28. The standard InChI is InChI=1S/C18H24N2S/c1-15-9-12-21-18(15)14-19-13-16-5-7-17(8-6-16)20-10-3-2-4-11-20/h5-9,12,19H,2-4,10-11,13-14H2,1H3. The van der Waals surface area contributed by atoms with Crippen LogP contribution in [0.1, 0.15) is 35.3 Å². The van der Waals surface area contributed by atoms with E-state index in [4.69, 9.17) is 0 Å². The zero-order valence-corrected chi connectivity index (χ0v) is 13.6. The van der Waals surface area contributed by atoms with Gasteiger partial charge in [0.2, 0.25) is 0 Å². The summed E-state index contributed by atoms with van der Waals surface area (Å²) in [5, 5.41) is 5.71. The highest BCUT2D eigenvalue weighted by Gasteiger charge is 2.10. The van der Waals surface area contributed by atoms with Crippen LogP contribution in [0.5, 0.6) is 0 Å². The van der Waals surface area contributed by atoms with Gasteiger partial charge in [-0.05, 0) is 60.9 Å². The molecule has 1 N–H and O–H groups in total. The van der Waals surface area contributed by atoms with E-state index in [2.05, 4.69) is 52.9 Å². The molecule has 112 valence electrons. The van der Waals surface area contributed by atoms with Gasteiger partial charge in [0.1, 0.15) is 0 Å². The Kier molecular flexibility index (Phi) is 4.94. The molecule has 1 aliphatic rings. The number of benzene rings is 1. The first-order valence-corrected chi connectivity index (χ1v) is 8.78. The second-order valence-corrected chi connectivity index (χ2v) is 6.85. The molecule has 1 fully saturated rings. The molecule has 0 saturated carbocycles. The number of hydrogen-bond donors (Lipinski definition) is 1. The Morgan fingerprint density at radius 1 is 1.00 bits per heavy atom. The molecule has 1 saturated heterocycles. The van der Waals surface area contributed by atoms with Crippen LogP contribution in [0.15, 0.2) is 35.7 Å². The van der Waals surface area contributed by atoms with Crippen molar-refractivity contribution in [1.82, 2.24) is 5.32 Å². The number of aryl methyl sites for hydroxylation is 1. The maximum atomic E-state index is 3.54. The van der Waals surface area contributed by atoms with E-state index in [0.717, 1.165) is 13.1 Å². The summed E-state index contributed by atoms with van der Waals surface area (Å²) in [5.74, 6) is 0. The molecule has 2 heterocycles. The van der Waals surface area contributed by atoms with Crippen molar-refractivity contribution in [1.29, 1.82) is 0 Å². The predicted octanol–water partition coefficient (Wildman–Crippen LogP) is 4.34. The Bertz CT molecular complexity index is 553. The molecule has 2 aromatic rings. The van der Waals surface area contributed by atoms with Crippen LogP contribution in [0.25, 0.3) is 0 Å². The molecule has 0 aliphatic carbocycles. The minimum absolute atomic E-state index is 0.942. The van der Waals surface area contributed by atoms with Gasteiger partial charge in [-0.3, -0.25) is 0 Å². The minimum Gasteiger partial charge on any atom is -0.372 e. The number of nitrogens with one attached hydrogen (secondary N) is 1. The van der Waals surface area contributed by atoms with Crippen molar-refractivity contribution in [2.24, 2.45) is 0 Å². The van der Waals surface area contributed by atoms with Gasteiger partial charge in [0, 0.05) is 36.7 Å². The van der Waals surface area contributed by atoms with Gasteiger partial charge in [0.15, 0.2) is 0 Å². The van der Waals surface area contributed by atoms with Crippen molar-refractivity contribution in [3.8, 4) is 0 Å². The van der Waals surface area contributed by atoms with Crippen molar-refractivity contribution in [2.75, 3.05) is 18.0 Å². The van der Waals surface area contributed by atoms with E-state index in [1.54, 1.807) is 0 Å². The van der Waals surface area contributed by atoms with Gasteiger partial charge in [0.05, 0.1) is 0 Å². The molecule has 0 spiro atoms. The van der Waals surface area contributed by atoms with E-state index in [1.807, 2.05) is 11.3 Å². The van der Waals surface area contributed by atoms with Gasteiger partial charge in [-0.25, -0.2) is 0 Å². The highest BCUT2D eigenvalue weighted by atomic mass is 32.1. The number of rotatable bonds is 5. The zero-order valence-electron chi connectivity index (χ0n) is 12.8. The monoisotopic (exact) mass is 300 g/mol. The molecule has 1 aliphatic heterocycles. The molecular weight excluding hydrogens is 276 g/mol. The highest BCUT2D eigenvalue weighted by molar-refractivity contribution is 7.10. The number of anilines is 1. The van der Waals surface area contributed by atoms with Crippen molar-refractivity contribution in [3.05, 3.63) is 51.7 Å². The van der Waals surface area contributed by atoms with Crippen molar-refractivity contribution in [3.63, 3.8) is 0 Å². The molecule has 3 rings (SSSR count). The van der Waals surface area contributed by atoms with E-state index >= 15 is 0 Å². The number of hydrogen-bond acceptors (Lipinski definition) is 3. The second-order valence-electron chi connectivity index (χ2n) is 5.84. The molecule has 0 atom stereocenters. The summed E-state index contributed by atoms with van der Waals surface area (Å²) in [7, 11) is 0. The maximum absolute atomic E-state index is 3.54. The molecule has 3 heteroatoms. The van der Waals surface area contributed by atoms with Crippen LogP contribution in [-0.4, -0.2) is 13.1 Å². The second kappa shape index (κ2) is 7.10. The lowest BCUT2D eigenvalue weighted by molar-refractivity contribution is 0.578. The van der Waals surface area contributed by atoms with Crippen molar-refractivity contribution in [2.45, 2.75) is 39.3 Å². The SMILES string of the molecule is Cc1ccsc1CNCc1ccc(N2CCCCC2)cc1. The fraction of sp³-hybridized carbons (Fsp3) is 0.444. The summed E-state index contributed by atoms with van der Waals surface area (Å²) in [6.45, 7) is 6.53. The predicted molar refractivity (Wildman–Crippen MR) is 92.1 cm³/mol. The first-order chi connectivity index (χ1) is 10.3.